The van der Waals surface area contributed by atoms with Crippen LogP contribution < -0.4 is 15.5 Å². The Morgan fingerprint density at radius 2 is 1.71 bits per heavy atom. The van der Waals surface area contributed by atoms with Crippen LogP contribution in [0.2, 0.25) is 5.02 Å². The van der Waals surface area contributed by atoms with E-state index in [1.54, 1.807) is 23.1 Å². The summed E-state index contributed by atoms with van der Waals surface area (Å²) >= 11 is 11.1. The quantitative estimate of drug-likeness (QED) is 0.435. The minimum Gasteiger partial charge on any atom is -0.332 e. The molecule has 154 valence electrons. The van der Waals surface area contributed by atoms with Gasteiger partial charge in [0.2, 0.25) is 5.91 Å². The number of carbonyl (C=O) groups excluding carboxylic acids is 2. The number of anilines is 2. The molecule has 0 unspecified atom stereocenters. The van der Waals surface area contributed by atoms with Crippen molar-refractivity contribution in [2.24, 2.45) is 0 Å². The van der Waals surface area contributed by atoms with E-state index < -0.39 is 0 Å². The predicted molar refractivity (Wildman–Crippen MR) is 128 cm³/mol. The number of fused-ring (bicyclic) bond motifs is 1. The van der Waals surface area contributed by atoms with E-state index >= 15 is 0 Å². The maximum atomic E-state index is 12.6. The normalized spacial score (nSPS) is 12.7. The first kappa shape index (κ1) is 20.8. The SMILES string of the molecule is O=C(/C=C/c1ccc(Cl)cc1)NC(=S)Nc1ccc(N2Cc3ccccc3C2=O)cc1. The lowest BCUT2D eigenvalue weighted by molar-refractivity contribution is -0.115. The monoisotopic (exact) mass is 447 g/mol. The summed E-state index contributed by atoms with van der Waals surface area (Å²) in [6, 6.07) is 22.1. The lowest BCUT2D eigenvalue weighted by atomic mass is 10.1. The highest BCUT2D eigenvalue weighted by Crippen LogP contribution is 2.28. The molecule has 0 fully saturated rings. The molecule has 0 saturated heterocycles. The number of rotatable bonds is 4. The van der Waals surface area contributed by atoms with E-state index in [4.69, 9.17) is 23.8 Å². The summed E-state index contributed by atoms with van der Waals surface area (Å²) in [5, 5.41) is 6.39. The van der Waals surface area contributed by atoms with E-state index in [2.05, 4.69) is 10.6 Å². The maximum absolute atomic E-state index is 12.6. The molecule has 0 radical (unpaired) electrons. The summed E-state index contributed by atoms with van der Waals surface area (Å²) in [7, 11) is 0. The molecule has 2 N–H and O–H groups in total. The molecule has 0 aliphatic carbocycles. The Bertz CT molecular complexity index is 1170. The first-order chi connectivity index (χ1) is 15.0. The molecule has 3 aromatic rings. The Hall–Kier alpha value is -3.48. The zero-order valence-electron chi connectivity index (χ0n) is 16.3. The van der Waals surface area contributed by atoms with Crippen molar-refractivity contribution in [3.8, 4) is 0 Å². The van der Waals surface area contributed by atoms with Crippen molar-refractivity contribution in [2.45, 2.75) is 6.54 Å². The van der Waals surface area contributed by atoms with Crippen molar-refractivity contribution in [3.63, 3.8) is 0 Å². The van der Waals surface area contributed by atoms with Crippen LogP contribution in [0, 0.1) is 0 Å². The van der Waals surface area contributed by atoms with Gasteiger partial charge in [-0.25, -0.2) is 0 Å². The number of nitrogens with zero attached hydrogens (tertiary/aromatic N) is 1. The third-order valence-corrected chi connectivity index (χ3v) is 5.25. The van der Waals surface area contributed by atoms with Crippen LogP contribution in [-0.4, -0.2) is 16.9 Å². The molecule has 0 aromatic heterocycles. The summed E-state index contributed by atoms with van der Waals surface area (Å²) in [4.78, 5) is 26.4. The van der Waals surface area contributed by atoms with Crippen LogP contribution in [0.3, 0.4) is 0 Å². The number of hydrogen-bond acceptors (Lipinski definition) is 3. The fourth-order valence-electron chi connectivity index (χ4n) is 3.25. The highest BCUT2D eigenvalue weighted by atomic mass is 35.5. The molecule has 31 heavy (non-hydrogen) atoms. The number of amides is 2. The largest absolute Gasteiger partial charge is 0.332 e. The summed E-state index contributed by atoms with van der Waals surface area (Å²) in [6.45, 7) is 0.552. The van der Waals surface area contributed by atoms with Gasteiger partial charge in [-0.05, 0) is 71.9 Å². The van der Waals surface area contributed by atoms with E-state index in [1.165, 1.54) is 6.08 Å². The number of benzene rings is 3. The lowest BCUT2D eigenvalue weighted by Crippen LogP contribution is -2.32. The van der Waals surface area contributed by atoms with Crippen molar-refractivity contribution in [3.05, 3.63) is 101 Å². The number of hydrogen-bond donors (Lipinski definition) is 2. The van der Waals surface area contributed by atoms with Crippen LogP contribution in [0.15, 0.2) is 78.9 Å². The molecule has 3 aromatic carbocycles. The highest BCUT2D eigenvalue weighted by Gasteiger charge is 2.27. The van der Waals surface area contributed by atoms with Gasteiger partial charge in [-0.15, -0.1) is 0 Å². The van der Waals surface area contributed by atoms with Crippen molar-refractivity contribution in [1.82, 2.24) is 5.32 Å². The molecule has 2 amide bonds. The Labute approximate surface area is 190 Å². The van der Waals surface area contributed by atoms with Gasteiger partial charge in [-0.3, -0.25) is 14.9 Å². The molecular weight excluding hydrogens is 430 g/mol. The van der Waals surface area contributed by atoms with Gasteiger partial charge in [0.25, 0.3) is 5.91 Å². The van der Waals surface area contributed by atoms with Crippen LogP contribution in [0.5, 0.6) is 0 Å². The molecule has 0 atom stereocenters. The third kappa shape index (κ3) is 4.99. The fourth-order valence-corrected chi connectivity index (χ4v) is 3.59. The zero-order chi connectivity index (χ0) is 21.8. The Morgan fingerprint density at radius 1 is 1.00 bits per heavy atom. The van der Waals surface area contributed by atoms with Crippen LogP contribution in [0.1, 0.15) is 21.5 Å². The minimum absolute atomic E-state index is 0.00781. The molecule has 0 bridgehead atoms. The van der Waals surface area contributed by atoms with Crippen LogP contribution in [-0.2, 0) is 11.3 Å². The molecule has 4 rings (SSSR count). The smallest absolute Gasteiger partial charge is 0.258 e. The van der Waals surface area contributed by atoms with Crippen molar-refractivity contribution < 1.29 is 9.59 Å². The van der Waals surface area contributed by atoms with Gasteiger partial charge in [0.15, 0.2) is 5.11 Å². The van der Waals surface area contributed by atoms with Gasteiger partial charge in [0, 0.05) is 28.0 Å². The molecular formula is C24H18ClN3O2S. The second kappa shape index (κ2) is 9.12. The molecule has 5 nitrogen and oxygen atoms in total. The number of thiocarbonyl (C=S) groups is 1. The van der Waals surface area contributed by atoms with E-state index in [-0.39, 0.29) is 16.9 Å². The molecule has 1 heterocycles. The van der Waals surface area contributed by atoms with Crippen LogP contribution in [0.4, 0.5) is 11.4 Å². The molecule has 1 aliphatic rings. The molecule has 0 spiro atoms. The lowest BCUT2D eigenvalue weighted by Gasteiger charge is -2.16. The average Bonchev–Trinajstić information content (AvgIpc) is 3.10. The second-order valence-electron chi connectivity index (χ2n) is 6.92. The fraction of sp³-hybridized carbons (Fsp3) is 0.0417. The standard InChI is InChI=1S/C24H18ClN3O2S/c25-18-8-5-16(6-9-18)7-14-22(29)27-24(31)26-19-10-12-20(13-11-19)28-15-17-3-1-2-4-21(17)23(28)30/h1-14H,15H2,(H2,26,27,29,31)/b14-7+. The van der Waals surface area contributed by atoms with Gasteiger partial charge >= 0.3 is 0 Å². The van der Waals surface area contributed by atoms with Crippen LogP contribution >= 0.6 is 23.8 Å². The van der Waals surface area contributed by atoms with E-state index in [0.29, 0.717) is 17.3 Å². The third-order valence-electron chi connectivity index (χ3n) is 4.79. The average molecular weight is 448 g/mol. The van der Waals surface area contributed by atoms with E-state index in [9.17, 15) is 9.59 Å². The summed E-state index contributed by atoms with van der Waals surface area (Å²) in [6.07, 6.45) is 3.07. The topological polar surface area (TPSA) is 61.4 Å². The summed E-state index contributed by atoms with van der Waals surface area (Å²) < 4.78 is 0. The Kier molecular flexibility index (Phi) is 6.11. The molecule has 0 saturated carbocycles. The van der Waals surface area contributed by atoms with Gasteiger partial charge in [0.1, 0.15) is 0 Å². The van der Waals surface area contributed by atoms with E-state index in [1.807, 2.05) is 60.7 Å². The van der Waals surface area contributed by atoms with Crippen molar-refractivity contribution in [1.29, 1.82) is 0 Å². The molecule has 7 heteroatoms. The molecule has 1 aliphatic heterocycles. The number of nitrogens with one attached hydrogen (secondary N) is 2. The summed E-state index contributed by atoms with van der Waals surface area (Å²) in [5.74, 6) is -0.351. The predicted octanol–water partition coefficient (Wildman–Crippen LogP) is 5.03. The van der Waals surface area contributed by atoms with Gasteiger partial charge < -0.3 is 10.2 Å². The minimum atomic E-state index is -0.343. The van der Waals surface area contributed by atoms with Crippen molar-refractivity contribution >= 4 is 58.2 Å². The number of halogens is 1. The number of carbonyl (C=O) groups is 2. The summed E-state index contributed by atoms with van der Waals surface area (Å²) in [5.41, 5.74) is 4.12. The zero-order valence-corrected chi connectivity index (χ0v) is 17.9. The van der Waals surface area contributed by atoms with Gasteiger partial charge in [-0.2, -0.15) is 0 Å². The first-order valence-corrected chi connectivity index (χ1v) is 10.3. The van der Waals surface area contributed by atoms with Gasteiger partial charge in [-0.1, -0.05) is 41.9 Å². The van der Waals surface area contributed by atoms with E-state index in [0.717, 1.165) is 22.4 Å². The highest BCUT2D eigenvalue weighted by molar-refractivity contribution is 7.80. The first-order valence-electron chi connectivity index (χ1n) is 9.55. The van der Waals surface area contributed by atoms with Crippen LogP contribution in [0.25, 0.3) is 6.08 Å². The van der Waals surface area contributed by atoms with Gasteiger partial charge in [0.05, 0.1) is 6.54 Å². The maximum Gasteiger partial charge on any atom is 0.258 e. The second-order valence-corrected chi connectivity index (χ2v) is 7.77. The Balaban J connectivity index is 1.33. The van der Waals surface area contributed by atoms with Crippen molar-refractivity contribution in [2.75, 3.05) is 10.2 Å². The Morgan fingerprint density at radius 3 is 2.42 bits per heavy atom.